The minimum Gasteiger partial charge on any atom is -0.486 e. The van der Waals surface area contributed by atoms with Crippen molar-refractivity contribution in [2.24, 2.45) is 5.92 Å². The largest absolute Gasteiger partial charge is 0.486 e. The van der Waals surface area contributed by atoms with Crippen LogP contribution in [0, 0.1) is 19.8 Å². The third-order valence-electron chi connectivity index (χ3n) is 5.61. The number of aromatic amines is 1. The molecule has 31 heavy (non-hydrogen) atoms. The van der Waals surface area contributed by atoms with Crippen LogP contribution >= 0.6 is 0 Å². The summed E-state index contributed by atoms with van der Waals surface area (Å²) in [6.45, 7) is 9.34. The van der Waals surface area contributed by atoms with E-state index in [0.29, 0.717) is 19.1 Å². The van der Waals surface area contributed by atoms with E-state index in [1.54, 1.807) is 6.33 Å². The minimum absolute atomic E-state index is 0.0336. The molecule has 0 amide bonds. The number of ether oxygens (including phenoxy) is 2. The van der Waals surface area contributed by atoms with Gasteiger partial charge in [0.2, 0.25) is 0 Å². The Hall–Kier alpha value is -3.55. The summed E-state index contributed by atoms with van der Waals surface area (Å²) in [6.07, 6.45) is 1.57. The molecule has 8 heteroatoms. The van der Waals surface area contributed by atoms with Crippen LogP contribution in [0.3, 0.4) is 0 Å². The van der Waals surface area contributed by atoms with Gasteiger partial charge in [0.05, 0.1) is 28.4 Å². The van der Waals surface area contributed by atoms with E-state index in [0.717, 1.165) is 56.6 Å². The third kappa shape index (κ3) is 3.48. The molecule has 4 heterocycles. The highest BCUT2D eigenvalue weighted by atomic mass is 16.6. The number of hydrogen-bond donors (Lipinski definition) is 2. The fourth-order valence-corrected chi connectivity index (χ4v) is 4.09. The van der Waals surface area contributed by atoms with Crippen LogP contribution in [0.15, 0.2) is 35.1 Å². The topological polar surface area (TPSA) is 98.1 Å². The van der Waals surface area contributed by atoms with E-state index in [2.05, 4.69) is 51.4 Å². The second-order valence-electron chi connectivity index (χ2n) is 8.14. The van der Waals surface area contributed by atoms with Gasteiger partial charge < -0.3 is 24.3 Å². The first-order valence-electron chi connectivity index (χ1n) is 10.4. The molecule has 1 aromatic carbocycles. The van der Waals surface area contributed by atoms with E-state index in [1.807, 2.05) is 26.0 Å². The Labute approximate surface area is 180 Å². The Kier molecular flexibility index (Phi) is 4.77. The number of rotatable bonds is 5. The normalized spacial score (nSPS) is 14.2. The maximum atomic E-state index is 5.78. The number of nitrogens with one attached hydrogen (secondary N) is 2. The molecule has 0 unspecified atom stereocenters. The molecule has 4 aromatic rings. The second kappa shape index (κ2) is 7.61. The van der Waals surface area contributed by atoms with Crippen LogP contribution < -0.4 is 14.8 Å². The average Bonchev–Trinajstić information content (AvgIpc) is 3.34. The molecule has 160 valence electrons. The van der Waals surface area contributed by atoms with Crippen LogP contribution in [-0.2, 0) is 0 Å². The molecule has 0 aliphatic carbocycles. The van der Waals surface area contributed by atoms with Gasteiger partial charge in [0.25, 0.3) is 0 Å². The van der Waals surface area contributed by atoms with Crippen LogP contribution in [0.1, 0.15) is 36.9 Å². The summed E-state index contributed by atoms with van der Waals surface area (Å²) in [5.74, 6) is 3.42. The molecule has 1 aliphatic rings. The zero-order chi connectivity index (χ0) is 21.5. The van der Waals surface area contributed by atoms with Gasteiger partial charge in [-0.3, -0.25) is 0 Å². The van der Waals surface area contributed by atoms with Crippen molar-refractivity contribution in [3.05, 3.63) is 47.6 Å². The molecular formula is C23H25N5O3. The number of benzene rings is 1. The molecule has 0 bridgehead atoms. The Morgan fingerprint density at radius 1 is 1.03 bits per heavy atom. The highest BCUT2D eigenvalue weighted by Crippen LogP contribution is 2.37. The first-order chi connectivity index (χ1) is 15.0. The van der Waals surface area contributed by atoms with Crippen LogP contribution in [0.2, 0.25) is 0 Å². The van der Waals surface area contributed by atoms with E-state index in [9.17, 15) is 0 Å². The molecule has 0 fully saturated rings. The van der Waals surface area contributed by atoms with E-state index < -0.39 is 0 Å². The number of aryl methyl sites for hydroxylation is 2. The first-order valence-corrected chi connectivity index (χ1v) is 10.4. The summed E-state index contributed by atoms with van der Waals surface area (Å²) in [5, 5.41) is 8.61. The van der Waals surface area contributed by atoms with Crippen molar-refractivity contribution in [3.8, 4) is 22.8 Å². The number of H-pyrrole nitrogens is 1. The molecule has 5 rings (SSSR count). The molecule has 1 aliphatic heterocycles. The Morgan fingerprint density at radius 3 is 2.58 bits per heavy atom. The van der Waals surface area contributed by atoms with Crippen molar-refractivity contribution < 1.29 is 14.0 Å². The lowest BCUT2D eigenvalue weighted by Crippen LogP contribution is -2.19. The summed E-state index contributed by atoms with van der Waals surface area (Å²) in [5.41, 5.74) is 4.58. The maximum Gasteiger partial charge on any atom is 0.161 e. The second-order valence-corrected chi connectivity index (χ2v) is 8.14. The molecule has 1 atom stereocenters. The van der Waals surface area contributed by atoms with Crippen LogP contribution in [-0.4, -0.2) is 33.3 Å². The summed E-state index contributed by atoms with van der Waals surface area (Å²) in [6, 6.07) is 8.19. The molecule has 0 spiro atoms. The maximum absolute atomic E-state index is 5.78. The van der Waals surface area contributed by atoms with Crippen molar-refractivity contribution in [2.75, 3.05) is 18.5 Å². The Morgan fingerprint density at radius 2 is 1.84 bits per heavy atom. The van der Waals surface area contributed by atoms with Crippen molar-refractivity contribution >= 4 is 16.9 Å². The number of hydrogen-bond acceptors (Lipinski definition) is 7. The van der Waals surface area contributed by atoms with Crippen LogP contribution in [0.25, 0.3) is 22.3 Å². The lowest BCUT2D eigenvalue weighted by Gasteiger charge is -2.26. The molecule has 0 saturated heterocycles. The van der Waals surface area contributed by atoms with E-state index in [1.165, 1.54) is 0 Å². The molecule has 0 radical (unpaired) electrons. The number of nitrogens with zero attached hydrogens (tertiary/aromatic N) is 3. The molecular weight excluding hydrogens is 394 g/mol. The van der Waals surface area contributed by atoms with Gasteiger partial charge in [-0.25, -0.2) is 9.97 Å². The molecule has 2 N–H and O–H groups in total. The van der Waals surface area contributed by atoms with Gasteiger partial charge in [0.15, 0.2) is 11.5 Å². The summed E-state index contributed by atoms with van der Waals surface area (Å²) >= 11 is 0. The number of anilines is 1. The summed E-state index contributed by atoms with van der Waals surface area (Å²) in [4.78, 5) is 12.3. The predicted molar refractivity (Wildman–Crippen MR) is 117 cm³/mol. The summed E-state index contributed by atoms with van der Waals surface area (Å²) in [7, 11) is 0. The van der Waals surface area contributed by atoms with Crippen molar-refractivity contribution in [2.45, 2.75) is 33.7 Å². The van der Waals surface area contributed by atoms with E-state index >= 15 is 0 Å². The minimum atomic E-state index is 0.0336. The number of fused-ring (bicyclic) bond motifs is 2. The fourth-order valence-electron chi connectivity index (χ4n) is 4.09. The Bertz CT molecular complexity index is 1220. The zero-order valence-electron chi connectivity index (χ0n) is 18.0. The van der Waals surface area contributed by atoms with Crippen LogP contribution in [0.5, 0.6) is 11.5 Å². The third-order valence-corrected chi connectivity index (χ3v) is 5.61. The quantitative estimate of drug-likeness (QED) is 0.479. The lowest BCUT2D eigenvalue weighted by atomic mass is 9.95. The van der Waals surface area contributed by atoms with Gasteiger partial charge >= 0.3 is 0 Å². The highest BCUT2D eigenvalue weighted by Gasteiger charge is 2.22. The predicted octanol–water partition coefficient (Wildman–Crippen LogP) is 4.81. The lowest BCUT2D eigenvalue weighted by molar-refractivity contribution is 0.171. The van der Waals surface area contributed by atoms with Gasteiger partial charge in [0, 0.05) is 0 Å². The van der Waals surface area contributed by atoms with Crippen LogP contribution in [0.4, 0.5) is 5.82 Å². The van der Waals surface area contributed by atoms with Gasteiger partial charge in [-0.2, -0.15) is 0 Å². The standard InChI is InChI=1S/C23H25N5O3/c1-12(2)21(15-5-6-18-19(9-15)30-8-7-29-18)27-23-16-10-17(26-22(16)24-11-25-23)20-13(3)28-31-14(20)4/h5-6,9-12,21H,7-8H2,1-4H3,(H2,24,25,26,27)/t21-/m1/s1. The monoisotopic (exact) mass is 419 g/mol. The first kappa shape index (κ1) is 19.4. The zero-order valence-corrected chi connectivity index (χ0v) is 18.0. The number of aromatic nitrogens is 4. The molecule has 3 aromatic heterocycles. The van der Waals surface area contributed by atoms with Gasteiger partial charge in [-0.1, -0.05) is 25.1 Å². The summed E-state index contributed by atoms with van der Waals surface area (Å²) < 4.78 is 16.8. The fraction of sp³-hybridized carbons (Fsp3) is 0.348. The van der Waals surface area contributed by atoms with Crippen molar-refractivity contribution in [1.29, 1.82) is 0 Å². The Balaban J connectivity index is 1.52. The van der Waals surface area contributed by atoms with Crippen molar-refractivity contribution in [3.63, 3.8) is 0 Å². The van der Waals surface area contributed by atoms with E-state index in [4.69, 9.17) is 14.0 Å². The smallest absolute Gasteiger partial charge is 0.161 e. The molecule has 0 saturated carbocycles. The van der Waals surface area contributed by atoms with E-state index in [-0.39, 0.29) is 6.04 Å². The van der Waals surface area contributed by atoms with Crippen molar-refractivity contribution in [1.82, 2.24) is 20.1 Å². The average molecular weight is 419 g/mol. The SMILES string of the molecule is Cc1noc(C)c1-c1cc2c(N[C@@H](c3ccc4c(c3)OCCO4)C(C)C)ncnc2[nH]1. The highest BCUT2D eigenvalue weighted by molar-refractivity contribution is 5.92. The molecule has 8 nitrogen and oxygen atoms in total. The van der Waals surface area contributed by atoms with Gasteiger partial charge in [-0.05, 0) is 43.5 Å². The van der Waals surface area contributed by atoms with Gasteiger partial charge in [0.1, 0.15) is 36.8 Å². The van der Waals surface area contributed by atoms with Gasteiger partial charge in [-0.15, -0.1) is 0 Å².